The van der Waals surface area contributed by atoms with Crippen molar-refractivity contribution in [1.29, 1.82) is 0 Å². The van der Waals surface area contributed by atoms with Crippen LogP contribution in [0.1, 0.15) is 32.4 Å². The van der Waals surface area contributed by atoms with E-state index in [1.165, 1.54) is 5.56 Å². The van der Waals surface area contributed by atoms with Gasteiger partial charge in [0.05, 0.1) is 14.2 Å². The van der Waals surface area contributed by atoms with Crippen molar-refractivity contribution in [2.24, 2.45) is 0 Å². The minimum Gasteiger partial charge on any atom is -0.493 e. The molecule has 1 unspecified atom stereocenters. The first-order valence-corrected chi connectivity index (χ1v) is 8.75. The number of fused-ring (bicyclic) bond motifs is 1. The molecule has 0 fully saturated rings. The Bertz CT molecular complexity index is 668. The smallest absolute Gasteiger partial charge is 0.169 e. The molecular weight excluding hydrogens is 318 g/mol. The van der Waals surface area contributed by atoms with Crippen molar-refractivity contribution in [3.05, 3.63) is 35.9 Å². The zero-order valence-electron chi connectivity index (χ0n) is 15.8. The molecule has 1 N–H and O–H groups in total. The Labute approximate surface area is 150 Å². The summed E-state index contributed by atoms with van der Waals surface area (Å²) in [6, 6.07) is 10.6. The van der Waals surface area contributed by atoms with Crippen LogP contribution in [0.4, 0.5) is 0 Å². The fraction of sp³-hybridized carbons (Fsp3) is 0.500. The minimum absolute atomic E-state index is 0.181. The highest BCUT2D eigenvalue weighted by atomic mass is 16.7. The molecule has 0 heterocycles. The third-order valence-electron chi connectivity index (χ3n) is 4.16. The van der Waals surface area contributed by atoms with Gasteiger partial charge in [-0.3, -0.25) is 0 Å². The van der Waals surface area contributed by atoms with Gasteiger partial charge in [-0.1, -0.05) is 12.1 Å². The van der Waals surface area contributed by atoms with Gasteiger partial charge in [-0.05, 0) is 55.3 Å². The Morgan fingerprint density at radius 2 is 1.48 bits per heavy atom. The average molecular weight is 347 g/mol. The van der Waals surface area contributed by atoms with Crippen molar-refractivity contribution in [3.63, 3.8) is 0 Å². The topological polar surface area (TPSA) is 49.0 Å². The van der Waals surface area contributed by atoms with Crippen molar-refractivity contribution in [2.45, 2.75) is 33.1 Å². The van der Waals surface area contributed by atoms with Crippen LogP contribution in [0.25, 0.3) is 10.8 Å². The zero-order chi connectivity index (χ0) is 18.2. The first-order chi connectivity index (χ1) is 12.1. The van der Waals surface area contributed by atoms with Crippen LogP contribution in [0.2, 0.25) is 0 Å². The Balaban J connectivity index is 2.14. The van der Waals surface area contributed by atoms with Crippen molar-refractivity contribution in [1.82, 2.24) is 5.32 Å². The second-order valence-electron chi connectivity index (χ2n) is 5.78. The normalized spacial score (nSPS) is 12.6. The highest BCUT2D eigenvalue weighted by Crippen LogP contribution is 2.33. The maximum atomic E-state index is 5.58. The van der Waals surface area contributed by atoms with Crippen LogP contribution in [-0.4, -0.2) is 40.3 Å². The van der Waals surface area contributed by atoms with E-state index in [0.29, 0.717) is 19.8 Å². The van der Waals surface area contributed by atoms with Crippen LogP contribution < -0.4 is 14.8 Å². The van der Waals surface area contributed by atoms with E-state index in [2.05, 4.69) is 30.4 Å². The first-order valence-electron chi connectivity index (χ1n) is 8.75. The van der Waals surface area contributed by atoms with Crippen LogP contribution in [0.15, 0.2) is 30.3 Å². The van der Waals surface area contributed by atoms with Crippen molar-refractivity contribution in [3.8, 4) is 11.5 Å². The lowest BCUT2D eigenvalue weighted by Gasteiger charge is -2.21. The minimum atomic E-state index is -0.220. The molecule has 0 aliphatic carbocycles. The molecule has 0 aliphatic rings. The second-order valence-corrected chi connectivity index (χ2v) is 5.78. The van der Waals surface area contributed by atoms with E-state index in [1.807, 2.05) is 26.0 Å². The number of benzene rings is 2. The molecule has 5 nitrogen and oxygen atoms in total. The monoisotopic (exact) mass is 347 g/mol. The predicted molar refractivity (Wildman–Crippen MR) is 101 cm³/mol. The average Bonchev–Trinajstić information content (AvgIpc) is 2.64. The lowest BCUT2D eigenvalue weighted by molar-refractivity contribution is -0.133. The molecule has 2 rings (SSSR count). The van der Waals surface area contributed by atoms with Gasteiger partial charge >= 0.3 is 0 Å². The summed E-state index contributed by atoms with van der Waals surface area (Å²) in [5.41, 5.74) is 1.20. The molecule has 5 heteroatoms. The Kier molecular flexibility index (Phi) is 7.50. The molecule has 2 aromatic carbocycles. The molecule has 0 aromatic heterocycles. The SMILES string of the molecule is CCOC(CNC(C)c1ccc2cc(OC)c(OC)cc2c1)OCC. The molecule has 0 amide bonds. The summed E-state index contributed by atoms with van der Waals surface area (Å²) >= 11 is 0. The molecule has 0 radical (unpaired) electrons. The van der Waals surface area contributed by atoms with Crippen LogP contribution in [0, 0.1) is 0 Å². The molecular formula is C20H29NO4. The molecule has 138 valence electrons. The molecule has 0 spiro atoms. The molecule has 0 saturated carbocycles. The van der Waals surface area contributed by atoms with Crippen LogP contribution >= 0.6 is 0 Å². The maximum Gasteiger partial charge on any atom is 0.169 e. The molecule has 25 heavy (non-hydrogen) atoms. The fourth-order valence-electron chi connectivity index (χ4n) is 2.79. The third kappa shape index (κ3) is 5.08. The molecule has 1 atom stereocenters. The van der Waals surface area contributed by atoms with Crippen molar-refractivity contribution < 1.29 is 18.9 Å². The van der Waals surface area contributed by atoms with Gasteiger partial charge in [0, 0.05) is 25.8 Å². The molecule has 0 saturated heterocycles. The van der Waals surface area contributed by atoms with Gasteiger partial charge in [0.1, 0.15) is 0 Å². The maximum absolute atomic E-state index is 5.58. The van der Waals surface area contributed by atoms with E-state index in [-0.39, 0.29) is 12.3 Å². The Morgan fingerprint density at radius 3 is 2.04 bits per heavy atom. The Hall–Kier alpha value is -1.82. The van der Waals surface area contributed by atoms with Crippen LogP contribution in [0.5, 0.6) is 11.5 Å². The highest BCUT2D eigenvalue weighted by Gasteiger charge is 2.12. The van der Waals surface area contributed by atoms with Crippen molar-refractivity contribution in [2.75, 3.05) is 34.0 Å². The van der Waals surface area contributed by atoms with Gasteiger partial charge in [-0.25, -0.2) is 0 Å². The first kappa shape index (κ1) is 19.5. The number of rotatable bonds is 10. The van der Waals surface area contributed by atoms with E-state index >= 15 is 0 Å². The van der Waals surface area contributed by atoms with E-state index in [9.17, 15) is 0 Å². The van der Waals surface area contributed by atoms with Gasteiger partial charge in [-0.15, -0.1) is 0 Å². The fourth-order valence-corrected chi connectivity index (χ4v) is 2.79. The number of methoxy groups -OCH3 is 2. The third-order valence-corrected chi connectivity index (χ3v) is 4.16. The summed E-state index contributed by atoms with van der Waals surface area (Å²) in [7, 11) is 3.30. The van der Waals surface area contributed by atoms with Gasteiger partial charge in [0.2, 0.25) is 0 Å². The number of ether oxygens (including phenoxy) is 4. The van der Waals surface area contributed by atoms with E-state index in [1.54, 1.807) is 14.2 Å². The van der Waals surface area contributed by atoms with Crippen molar-refractivity contribution >= 4 is 10.8 Å². The lowest BCUT2D eigenvalue weighted by Crippen LogP contribution is -2.33. The highest BCUT2D eigenvalue weighted by molar-refractivity contribution is 5.86. The van der Waals surface area contributed by atoms with E-state index in [0.717, 1.165) is 22.3 Å². The number of hydrogen-bond acceptors (Lipinski definition) is 5. The van der Waals surface area contributed by atoms with Gasteiger partial charge in [0.15, 0.2) is 17.8 Å². The van der Waals surface area contributed by atoms with Gasteiger partial charge in [-0.2, -0.15) is 0 Å². The molecule has 0 bridgehead atoms. The van der Waals surface area contributed by atoms with E-state index < -0.39 is 0 Å². The summed E-state index contributed by atoms with van der Waals surface area (Å²) in [5.74, 6) is 1.48. The van der Waals surface area contributed by atoms with Crippen LogP contribution in [-0.2, 0) is 9.47 Å². The summed E-state index contributed by atoms with van der Waals surface area (Å²) in [5, 5.41) is 5.72. The number of nitrogens with one attached hydrogen (secondary N) is 1. The summed E-state index contributed by atoms with van der Waals surface area (Å²) in [6.45, 7) is 8.00. The Morgan fingerprint density at radius 1 is 0.880 bits per heavy atom. The molecule has 2 aromatic rings. The summed E-state index contributed by atoms with van der Waals surface area (Å²) in [4.78, 5) is 0. The lowest BCUT2D eigenvalue weighted by atomic mass is 10.0. The second kappa shape index (κ2) is 9.61. The summed E-state index contributed by atoms with van der Waals surface area (Å²) in [6.07, 6.45) is -0.220. The van der Waals surface area contributed by atoms with Gasteiger partial charge in [0.25, 0.3) is 0 Å². The number of hydrogen-bond donors (Lipinski definition) is 1. The quantitative estimate of drug-likeness (QED) is 0.661. The summed E-state index contributed by atoms with van der Waals surface area (Å²) < 4.78 is 21.9. The predicted octanol–water partition coefficient (Wildman–Crippen LogP) is 3.91. The van der Waals surface area contributed by atoms with Crippen LogP contribution in [0.3, 0.4) is 0 Å². The molecule has 0 aliphatic heterocycles. The van der Waals surface area contributed by atoms with E-state index in [4.69, 9.17) is 18.9 Å². The largest absolute Gasteiger partial charge is 0.493 e. The zero-order valence-corrected chi connectivity index (χ0v) is 15.8. The van der Waals surface area contributed by atoms with Gasteiger partial charge < -0.3 is 24.3 Å². The standard InChI is InChI=1S/C20H29NO4/c1-6-24-20(25-7-2)13-21-14(3)15-8-9-16-11-18(22-4)19(23-5)12-17(16)10-15/h8-12,14,20-21H,6-7,13H2,1-5H3.